The maximum absolute atomic E-state index is 13.3. The predicted octanol–water partition coefficient (Wildman–Crippen LogP) is 5.37. The van der Waals surface area contributed by atoms with Gasteiger partial charge in [-0.1, -0.05) is 37.3 Å². The number of amides is 1. The summed E-state index contributed by atoms with van der Waals surface area (Å²) >= 11 is 0. The second-order valence-corrected chi connectivity index (χ2v) is 6.59. The van der Waals surface area contributed by atoms with Crippen LogP contribution in [0, 0.1) is 5.82 Å². The smallest absolute Gasteiger partial charge is 0.231 e. The summed E-state index contributed by atoms with van der Waals surface area (Å²) in [5.74, 6) is -0.281. The highest BCUT2D eigenvalue weighted by atomic mass is 19.1. The minimum atomic E-state index is -0.265. The standard InChI is InChI=1S/C23H20FN3O/c1-2-22(28)27(18-6-5-13-25-15-18)23-19-7-3-4-8-20(19)26-21(23)14-16-9-11-17(24)12-10-16/h3-13,15,26H,2,14H2,1H3. The number of pyridine rings is 1. The van der Waals surface area contributed by atoms with E-state index in [-0.39, 0.29) is 11.7 Å². The Morgan fingerprint density at radius 1 is 1.07 bits per heavy atom. The fourth-order valence-corrected chi connectivity index (χ4v) is 3.41. The number of aromatic nitrogens is 2. The van der Waals surface area contributed by atoms with Gasteiger partial charge in [0.1, 0.15) is 5.82 Å². The fourth-order valence-electron chi connectivity index (χ4n) is 3.41. The summed E-state index contributed by atoms with van der Waals surface area (Å²) in [6.07, 6.45) is 4.30. The molecule has 1 amide bonds. The summed E-state index contributed by atoms with van der Waals surface area (Å²) in [5.41, 5.74) is 4.36. The Kier molecular flexibility index (Phi) is 4.89. The first-order chi connectivity index (χ1) is 13.7. The largest absolute Gasteiger partial charge is 0.356 e. The molecule has 0 aliphatic heterocycles. The molecular formula is C23H20FN3O. The van der Waals surface area contributed by atoms with E-state index in [2.05, 4.69) is 9.97 Å². The van der Waals surface area contributed by atoms with E-state index >= 15 is 0 Å². The van der Waals surface area contributed by atoms with Crippen LogP contribution in [0.2, 0.25) is 0 Å². The maximum Gasteiger partial charge on any atom is 0.231 e. The van der Waals surface area contributed by atoms with Crippen molar-refractivity contribution < 1.29 is 9.18 Å². The van der Waals surface area contributed by atoms with E-state index in [1.807, 2.05) is 43.3 Å². The number of H-pyrrole nitrogens is 1. The zero-order chi connectivity index (χ0) is 19.5. The van der Waals surface area contributed by atoms with Crippen LogP contribution in [0.5, 0.6) is 0 Å². The Bertz CT molecular complexity index is 1100. The number of para-hydroxylation sites is 1. The minimum Gasteiger partial charge on any atom is -0.356 e. The lowest BCUT2D eigenvalue weighted by atomic mass is 10.1. The molecule has 2 heterocycles. The molecular weight excluding hydrogens is 353 g/mol. The topological polar surface area (TPSA) is 49.0 Å². The van der Waals surface area contributed by atoms with Crippen LogP contribution in [0.3, 0.4) is 0 Å². The Morgan fingerprint density at radius 3 is 2.57 bits per heavy atom. The van der Waals surface area contributed by atoms with Crippen molar-refractivity contribution in [3.63, 3.8) is 0 Å². The molecule has 1 N–H and O–H groups in total. The molecule has 2 aromatic heterocycles. The lowest BCUT2D eigenvalue weighted by molar-refractivity contribution is -0.117. The monoisotopic (exact) mass is 373 g/mol. The summed E-state index contributed by atoms with van der Waals surface area (Å²) in [4.78, 5) is 22.3. The number of halogens is 1. The molecule has 0 atom stereocenters. The van der Waals surface area contributed by atoms with E-state index in [1.54, 1.807) is 29.4 Å². The Balaban J connectivity index is 1.90. The average molecular weight is 373 g/mol. The third-order valence-corrected chi connectivity index (χ3v) is 4.73. The molecule has 4 aromatic rings. The van der Waals surface area contributed by atoms with Gasteiger partial charge in [-0.25, -0.2) is 4.39 Å². The van der Waals surface area contributed by atoms with Gasteiger partial charge in [0.25, 0.3) is 0 Å². The van der Waals surface area contributed by atoms with Gasteiger partial charge in [-0.2, -0.15) is 0 Å². The molecule has 0 radical (unpaired) electrons. The molecule has 0 saturated carbocycles. The van der Waals surface area contributed by atoms with Crippen LogP contribution < -0.4 is 4.90 Å². The average Bonchev–Trinajstić information content (AvgIpc) is 3.08. The number of carbonyl (C=O) groups is 1. The van der Waals surface area contributed by atoms with Crippen molar-refractivity contribution in [1.82, 2.24) is 9.97 Å². The molecule has 5 heteroatoms. The van der Waals surface area contributed by atoms with E-state index < -0.39 is 0 Å². The van der Waals surface area contributed by atoms with Gasteiger partial charge in [-0.15, -0.1) is 0 Å². The van der Waals surface area contributed by atoms with Crippen LogP contribution in [0.1, 0.15) is 24.6 Å². The lowest BCUT2D eigenvalue weighted by Gasteiger charge is -2.23. The molecule has 28 heavy (non-hydrogen) atoms. The van der Waals surface area contributed by atoms with Crippen LogP contribution >= 0.6 is 0 Å². The van der Waals surface area contributed by atoms with Crippen LogP contribution in [-0.2, 0) is 11.2 Å². The number of fused-ring (bicyclic) bond motifs is 1. The van der Waals surface area contributed by atoms with Gasteiger partial charge in [-0.3, -0.25) is 14.7 Å². The second-order valence-electron chi connectivity index (χ2n) is 6.59. The molecule has 0 saturated heterocycles. The van der Waals surface area contributed by atoms with Crippen LogP contribution in [-0.4, -0.2) is 15.9 Å². The third kappa shape index (κ3) is 3.39. The zero-order valence-corrected chi connectivity index (χ0v) is 15.5. The highest BCUT2D eigenvalue weighted by Crippen LogP contribution is 2.37. The quantitative estimate of drug-likeness (QED) is 0.511. The molecule has 0 unspecified atom stereocenters. The number of aromatic amines is 1. The predicted molar refractivity (Wildman–Crippen MR) is 109 cm³/mol. The number of anilines is 2. The highest BCUT2D eigenvalue weighted by Gasteiger charge is 2.24. The van der Waals surface area contributed by atoms with Crippen LogP contribution in [0.25, 0.3) is 10.9 Å². The van der Waals surface area contributed by atoms with Crippen molar-refractivity contribution in [3.05, 3.63) is 90.1 Å². The number of hydrogen-bond acceptors (Lipinski definition) is 2. The Hall–Kier alpha value is -3.47. The Morgan fingerprint density at radius 2 is 1.86 bits per heavy atom. The van der Waals surface area contributed by atoms with Crippen molar-refractivity contribution in [2.24, 2.45) is 0 Å². The summed E-state index contributed by atoms with van der Waals surface area (Å²) in [5, 5.41) is 0.963. The molecule has 0 aliphatic carbocycles. The molecule has 0 bridgehead atoms. The molecule has 0 fully saturated rings. The number of hydrogen-bond donors (Lipinski definition) is 1. The van der Waals surface area contributed by atoms with Crippen molar-refractivity contribution >= 4 is 28.2 Å². The molecule has 0 aliphatic rings. The molecule has 0 spiro atoms. The van der Waals surface area contributed by atoms with E-state index in [9.17, 15) is 9.18 Å². The second kappa shape index (κ2) is 7.64. The van der Waals surface area contributed by atoms with Gasteiger partial charge in [0.15, 0.2) is 0 Å². The first-order valence-electron chi connectivity index (χ1n) is 9.24. The number of benzene rings is 2. The normalized spacial score (nSPS) is 10.9. The number of nitrogens with one attached hydrogen (secondary N) is 1. The third-order valence-electron chi connectivity index (χ3n) is 4.73. The van der Waals surface area contributed by atoms with Gasteiger partial charge < -0.3 is 4.98 Å². The maximum atomic E-state index is 13.3. The van der Waals surface area contributed by atoms with E-state index in [0.29, 0.717) is 12.8 Å². The van der Waals surface area contributed by atoms with Crippen molar-refractivity contribution in [1.29, 1.82) is 0 Å². The molecule has 2 aromatic carbocycles. The summed E-state index contributed by atoms with van der Waals surface area (Å²) < 4.78 is 13.3. The van der Waals surface area contributed by atoms with Crippen molar-refractivity contribution in [2.45, 2.75) is 19.8 Å². The van der Waals surface area contributed by atoms with Gasteiger partial charge >= 0.3 is 0 Å². The number of rotatable bonds is 5. The number of carbonyl (C=O) groups excluding carboxylic acids is 1. The zero-order valence-electron chi connectivity index (χ0n) is 15.5. The SMILES string of the molecule is CCC(=O)N(c1cccnc1)c1c(Cc2ccc(F)cc2)[nH]c2ccccc12. The van der Waals surface area contributed by atoms with E-state index in [4.69, 9.17) is 0 Å². The van der Waals surface area contributed by atoms with Gasteiger partial charge in [0.05, 0.1) is 17.6 Å². The summed E-state index contributed by atoms with van der Waals surface area (Å²) in [7, 11) is 0. The molecule has 4 rings (SSSR count). The minimum absolute atomic E-state index is 0.0156. The van der Waals surface area contributed by atoms with E-state index in [0.717, 1.165) is 33.5 Å². The fraction of sp³-hybridized carbons (Fsp3) is 0.130. The van der Waals surface area contributed by atoms with Crippen molar-refractivity contribution in [2.75, 3.05) is 4.90 Å². The van der Waals surface area contributed by atoms with Gasteiger partial charge in [0, 0.05) is 35.6 Å². The van der Waals surface area contributed by atoms with Gasteiger partial charge in [0.2, 0.25) is 5.91 Å². The highest BCUT2D eigenvalue weighted by molar-refractivity contribution is 6.09. The lowest BCUT2D eigenvalue weighted by Crippen LogP contribution is -2.25. The van der Waals surface area contributed by atoms with Crippen molar-refractivity contribution in [3.8, 4) is 0 Å². The summed E-state index contributed by atoms with van der Waals surface area (Å²) in [6.45, 7) is 1.85. The Labute approximate surface area is 162 Å². The first-order valence-corrected chi connectivity index (χ1v) is 9.24. The van der Waals surface area contributed by atoms with Crippen LogP contribution in [0.15, 0.2) is 73.1 Å². The molecule has 4 nitrogen and oxygen atoms in total. The van der Waals surface area contributed by atoms with E-state index in [1.165, 1.54) is 12.1 Å². The summed E-state index contributed by atoms with van der Waals surface area (Å²) in [6, 6.07) is 18.0. The van der Waals surface area contributed by atoms with Crippen LogP contribution in [0.4, 0.5) is 15.8 Å². The first kappa shape index (κ1) is 17.9. The number of nitrogens with zero attached hydrogens (tertiary/aromatic N) is 2. The van der Waals surface area contributed by atoms with Gasteiger partial charge in [-0.05, 0) is 35.9 Å². The molecule has 140 valence electrons.